The lowest BCUT2D eigenvalue weighted by Crippen LogP contribution is -2.20. The highest BCUT2D eigenvalue weighted by molar-refractivity contribution is 9.10. The van der Waals surface area contributed by atoms with Gasteiger partial charge in [0, 0.05) is 27.1 Å². The van der Waals surface area contributed by atoms with Gasteiger partial charge in [0.1, 0.15) is 18.0 Å². The molecule has 4 aromatic carbocycles. The molecule has 0 saturated heterocycles. The third-order valence-electron chi connectivity index (χ3n) is 6.30. The first-order valence-corrected chi connectivity index (χ1v) is 13.1. The van der Waals surface area contributed by atoms with Crippen LogP contribution in [0.1, 0.15) is 11.1 Å². The molecule has 0 aliphatic rings. The van der Waals surface area contributed by atoms with Gasteiger partial charge in [0.15, 0.2) is 11.5 Å². The van der Waals surface area contributed by atoms with E-state index in [0.717, 1.165) is 14.5 Å². The fourth-order valence-corrected chi connectivity index (χ4v) is 4.67. The molecule has 0 bridgehead atoms. The van der Waals surface area contributed by atoms with Crippen LogP contribution in [0.4, 0.5) is 10.1 Å². The third-order valence-corrected chi connectivity index (χ3v) is 6.79. The van der Waals surface area contributed by atoms with Gasteiger partial charge >= 0.3 is 5.69 Å². The van der Waals surface area contributed by atoms with Gasteiger partial charge in [-0.2, -0.15) is 9.78 Å². The molecule has 0 amide bonds. The van der Waals surface area contributed by atoms with Gasteiger partial charge in [-0.1, -0.05) is 46.3 Å². The Morgan fingerprint density at radius 1 is 1.05 bits per heavy atom. The number of nitro benzene ring substituents is 1. The maximum absolute atomic E-state index is 14.0. The first-order valence-electron chi connectivity index (χ1n) is 12.3. The summed E-state index contributed by atoms with van der Waals surface area (Å²) in [6.07, 6.45) is 1.31. The molecule has 0 atom stereocenters. The Labute approximate surface area is 239 Å². The first-order chi connectivity index (χ1) is 19.9. The van der Waals surface area contributed by atoms with E-state index in [2.05, 4.69) is 26.0 Å². The van der Waals surface area contributed by atoms with Crippen LogP contribution in [-0.4, -0.2) is 20.8 Å². The van der Waals surface area contributed by atoms with E-state index in [4.69, 9.17) is 9.15 Å². The van der Waals surface area contributed by atoms with Crippen molar-refractivity contribution in [3.8, 4) is 17.3 Å². The molecule has 41 heavy (non-hydrogen) atoms. The van der Waals surface area contributed by atoms with Crippen molar-refractivity contribution < 1.29 is 18.5 Å². The Balaban J connectivity index is 1.40. The van der Waals surface area contributed by atoms with Crippen LogP contribution in [-0.2, 0) is 6.61 Å². The number of nitro groups is 1. The fraction of sp³-hybridized carbons (Fsp3) is 0.0333. The van der Waals surface area contributed by atoms with Crippen molar-refractivity contribution in [1.82, 2.24) is 9.66 Å². The van der Waals surface area contributed by atoms with Crippen molar-refractivity contribution in [2.45, 2.75) is 6.61 Å². The molecular formula is C30H18BrFN4O5. The second-order valence-electron chi connectivity index (χ2n) is 8.97. The lowest BCUT2D eigenvalue weighted by atomic mass is 10.2. The number of hydrogen-bond donors (Lipinski definition) is 0. The SMILES string of the molecule is O=c1c2ccccc2nc(-c2cc3cc(Br)ccc3o2)n1N=Cc1ccc(OCc2ccccc2F)c([N+](=O)[O-])c1. The van der Waals surface area contributed by atoms with Gasteiger partial charge in [0.25, 0.3) is 5.56 Å². The number of hydrogen-bond acceptors (Lipinski definition) is 7. The normalized spacial score (nSPS) is 11.5. The summed E-state index contributed by atoms with van der Waals surface area (Å²) in [6, 6.07) is 24.4. The Morgan fingerprint density at radius 2 is 1.85 bits per heavy atom. The number of rotatable bonds is 7. The van der Waals surface area contributed by atoms with E-state index in [-0.39, 0.29) is 29.4 Å². The van der Waals surface area contributed by atoms with Gasteiger partial charge in [-0.05, 0) is 54.6 Å². The van der Waals surface area contributed by atoms with Gasteiger partial charge in [-0.25, -0.2) is 9.37 Å². The van der Waals surface area contributed by atoms with Crippen LogP contribution in [0.25, 0.3) is 33.5 Å². The Hall–Kier alpha value is -5.16. The number of nitrogens with zero attached hydrogens (tertiary/aromatic N) is 4. The van der Waals surface area contributed by atoms with Crippen LogP contribution in [0.5, 0.6) is 5.75 Å². The molecule has 202 valence electrons. The molecule has 0 fully saturated rings. The molecule has 0 N–H and O–H groups in total. The largest absolute Gasteiger partial charge is 0.482 e. The Morgan fingerprint density at radius 3 is 2.68 bits per heavy atom. The number of halogens is 2. The van der Waals surface area contributed by atoms with E-state index in [1.54, 1.807) is 54.6 Å². The van der Waals surface area contributed by atoms with Gasteiger partial charge in [-0.3, -0.25) is 14.9 Å². The van der Waals surface area contributed by atoms with Crippen LogP contribution in [0, 0.1) is 15.9 Å². The molecular weight excluding hydrogens is 595 g/mol. The summed E-state index contributed by atoms with van der Waals surface area (Å²) in [4.78, 5) is 29.3. The summed E-state index contributed by atoms with van der Waals surface area (Å²) in [6.45, 7) is -0.184. The number of aromatic nitrogens is 2. The molecule has 0 spiro atoms. The molecule has 0 radical (unpaired) electrons. The van der Waals surface area contributed by atoms with E-state index in [9.17, 15) is 19.3 Å². The van der Waals surface area contributed by atoms with Crippen LogP contribution in [0.15, 0.2) is 110 Å². The van der Waals surface area contributed by atoms with E-state index in [1.165, 1.54) is 30.5 Å². The second-order valence-corrected chi connectivity index (χ2v) is 9.89. The molecule has 0 saturated carbocycles. The van der Waals surface area contributed by atoms with E-state index in [0.29, 0.717) is 27.8 Å². The quantitative estimate of drug-likeness (QED) is 0.108. The molecule has 2 aromatic heterocycles. The molecule has 0 aliphatic carbocycles. The van der Waals surface area contributed by atoms with Crippen molar-refractivity contribution in [1.29, 1.82) is 0 Å². The average Bonchev–Trinajstić information content (AvgIpc) is 3.39. The summed E-state index contributed by atoms with van der Waals surface area (Å²) < 4.78 is 27.5. The lowest BCUT2D eigenvalue weighted by molar-refractivity contribution is -0.386. The van der Waals surface area contributed by atoms with Gasteiger partial charge < -0.3 is 9.15 Å². The average molecular weight is 613 g/mol. The highest BCUT2D eigenvalue weighted by Gasteiger charge is 2.19. The first kappa shape index (κ1) is 26.1. The number of benzene rings is 4. The zero-order valence-corrected chi connectivity index (χ0v) is 22.6. The van der Waals surface area contributed by atoms with Gasteiger partial charge in [0.2, 0.25) is 5.82 Å². The molecule has 0 aliphatic heterocycles. The third kappa shape index (κ3) is 5.22. The van der Waals surface area contributed by atoms with Crippen molar-refractivity contribution in [3.63, 3.8) is 0 Å². The van der Waals surface area contributed by atoms with Crippen LogP contribution in [0.3, 0.4) is 0 Å². The summed E-state index contributed by atoms with van der Waals surface area (Å²) >= 11 is 3.44. The monoisotopic (exact) mass is 612 g/mol. The standard InChI is InChI=1S/C30H18BrFN4O5/c31-21-10-12-26-20(14-21)15-28(41-26)29-34-24-8-4-2-6-22(24)30(37)35(29)33-16-18-9-11-27(25(13-18)36(38)39)40-17-19-5-1-3-7-23(19)32/h1-16H,17H2. The van der Waals surface area contributed by atoms with Crippen LogP contribution < -0.4 is 10.3 Å². The van der Waals surface area contributed by atoms with Crippen molar-refractivity contribution in [2.75, 3.05) is 0 Å². The minimum atomic E-state index is -0.601. The Bertz CT molecular complexity index is 2050. The van der Waals surface area contributed by atoms with Gasteiger partial charge in [0.05, 0.1) is 22.0 Å². The zero-order chi connectivity index (χ0) is 28.5. The summed E-state index contributed by atoms with van der Waals surface area (Å²) in [5.74, 6) is -0.0205. The van der Waals surface area contributed by atoms with Crippen LogP contribution in [0.2, 0.25) is 0 Å². The second kappa shape index (κ2) is 10.8. The minimum Gasteiger partial charge on any atom is -0.482 e. The molecule has 6 rings (SSSR count). The molecule has 6 aromatic rings. The predicted octanol–water partition coefficient (Wildman–Crippen LogP) is 7.08. The highest BCUT2D eigenvalue weighted by Crippen LogP contribution is 2.30. The smallest absolute Gasteiger partial charge is 0.311 e. The van der Waals surface area contributed by atoms with Gasteiger partial charge in [-0.15, -0.1) is 0 Å². The van der Waals surface area contributed by atoms with Crippen molar-refractivity contribution in [2.24, 2.45) is 5.10 Å². The van der Waals surface area contributed by atoms with E-state index < -0.39 is 16.3 Å². The summed E-state index contributed by atoms with van der Waals surface area (Å²) in [5, 5.41) is 17.3. The van der Waals surface area contributed by atoms with Crippen molar-refractivity contribution >= 4 is 49.7 Å². The molecule has 9 nitrogen and oxygen atoms in total. The summed E-state index contributed by atoms with van der Waals surface area (Å²) in [7, 11) is 0. The fourth-order valence-electron chi connectivity index (χ4n) is 4.29. The molecule has 11 heteroatoms. The molecule has 2 heterocycles. The zero-order valence-electron chi connectivity index (χ0n) is 21.0. The summed E-state index contributed by atoms with van der Waals surface area (Å²) in [5.41, 5.74) is 0.881. The number of fused-ring (bicyclic) bond motifs is 2. The number of para-hydroxylation sites is 1. The van der Waals surface area contributed by atoms with E-state index >= 15 is 0 Å². The Kier molecular flexibility index (Phi) is 6.86. The minimum absolute atomic E-state index is 0.0333. The predicted molar refractivity (Wildman–Crippen MR) is 156 cm³/mol. The lowest BCUT2D eigenvalue weighted by Gasteiger charge is -2.09. The topological polar surface area (TPSA) is 113 Å². The number of ether oxygens (including phenoxy) is 1. The maximum Gasteiger partial charge on any atom is 0.311 e. The number of furan rings is 1. The van der Waals surface area contributed by atoms with E-state index in [1.807, 2.05) is 12.1 Å². The van der Waals surface area contributed by atoms with Crippen molar-refractivity contribution in [3.05, 3.63) is 133 Å². The molecule has 0 unspecified atom stereocenters. The van der Waals surface area contributed by atoms with Crippen LogP contribution >= 0.6 is 15.9 Å². The highest BCUT2D eigenvalue weighted by atomic mass is 79.9. The maximum atomic E-state index is 14.0.